The van der Waals surface area contributed by atoms with E-state index in [4.69, 9.17) is 0 Å². The van der Waals surface area contributed by atoms with E-state index in [-0.39, 0.29) is 0 Å². The summed E-state index contributed by atoms with van der Waals surface area (Å²) in [6, 6.07) is 12.0. The molecule has 0 spiro atoms. The van der Waals surface area contributed by atoms with Crippen LogP contribution in [0.4, 0.5) is 4.20 Å². The Labute approximate surface area is 51.1 Å². The largest absolute Gasteiger partial charge is 0.164 e. The second kappa shape index (κ2) is 6.58. The number of halogens is 1. The van der Waals surface area contributed by atoms with E-state index in [1.807, 2.05) is 36.4 Å². The van der Waals surface area contributed by atoms with E-state index >= 15 is 0 Å². The Kier molecular flexibility index (Phi) is 6.23. The average Bonchev–Trinajstić information content (AvgIpc) is 1.96. The lowest BCUT2D eigenvalue weighted by Gasteiger charge is -1.69. The molecule has 8 heavy (non-hydrogen) atoms. The van der Waals surface area contributed by atoms with Gasteiger partial charge in [-0.2, -0.15) is 0 Å². The fraction of sp³-hybridized carbons (Fsp3) is 0. The van der Waals surface area contributed by atoms with Crippen LogP contribution in [-0.4, -0.2) is 0 Å². The maximum atomic E-state index is 9.53. The van der Waals surface area contributed by atoms with E-state index in [0.717, 1.165) is 0 Å². The summed E-state index contributed by atoms with van der Waals surface area (Å²) in [5, 5.41) is 0. The molecule has 0 N–H and O–H groups in total. The Hall–Kier alpha value is -0.420. The Morgan fingerprint density at radius 3 is 0.875 bits per heavy atom. The SMILES string of the molecule is F[PH3+].c1ccccc1. The summed E-state index contributed by atoms with van der Waals surface area (Å²) in [6.45, 7) is 0. The number of hydrogen-bond acceptors (Lipinski definition) is 0. The molecule has 0 aliphatic heterocycles. The summed E-state index contributed by atoms with van der Waals surface area (Å²) >= 11 is 0. The zero-order chi connectivity index (χ0) is 6.24. The van der Waals surface area contributed by atoms with E-state index in [0.29, 0.717) is 9.55 Å². The predicted octanol–water partition coefficient (Wildman–Crippen LogP) is 2.16. The normalized spacial score (nSPS) is 7.12. The van der Waals surface area contributed by atoms with Crippen molar-refractivity contribution in [2.75, 3.05) is 0 Å². The van der Waals surface area contributed by atoms with Gasteiger partial charge in [0.15, 0.2) is 9.55 Å². The third-order valence-corrected chi connectivity index (χ3v) is 0.667. The minimum Gasteiger partial charge on any atom is -0.0735 e. The highest BCUT2D eigenvalue weighted by molar-refractivity contribution is 7.09. The van der Waals surface area contributed by atoms with E-state index in [1.54, 1.807) is 0 Å². The van der Waals surface area contributed by atoms with Gasteiger partial charge in [-0.15, -0.1) is 0 Å². The first-order chi connectivity index (χ1) is 4.00. The summed E-state index contributed by atoms with van der Waals surface area (Å²) < 4.78 is 9.53. The Morgan fingerprint density at radius 1 is 0.625 bits per heavy atom. The summed E-state index contributed by atoms with van der Waals surface area (Å²) in [4.78, 5) is 0. The highest BCUT2D eigenvalue weighted by atomic mass is 31.1. The van der Waals surface area contributed by atoms with Crippen LogP contribution < -0.4 is 0 Å². The van der Waals surface area contributed by atoms with Gasteiger partial charge in [0, 0.05) is 0 Å². The number of hydrogen-bond donors (Lipinski definition) is 0. The van der Waals surface area contributed by atoms with Crippen LogP contribution in [0.3, 0.4) is 0 Å². The molecule has 0 saturated carbocycles. The van der Waals surface area contributed by atoms with E-state index in [1.165, 1.54) is 0 Å². The van der Waals surface area contributed by atoms with Crippen molar-refractivity contribution in [1.29, 1.82) is 0 Å². The Bertz CT molecular complexity index is 80.5. The zero-order valence-electron chi connectivity index (χ0n) is 4.55. The third kappa shape index (κ3) is 3.76. The van der Waals surface area contributed by atoms with Crippen LogP contribution in [0, 0.1) is 0 Å². The van der Waals surface area contributed by atoms with Crippen molar-refractivity contribution >= 4 is 9.55 Å². The highest BCUT2D eigenvalue weighted by Gasteiger charge is 1.57. The summed E-state index contributed by atoms with van der Waals surface area (Å²) in [6.07, 6.45) is 0. The standard InChI is InChI=1S/C6H6.FH3P/c1-2-4-6-5-3-1;1-2/h1-6H;2H3/q;+1. The topological polar surface area (TPSA) is 0 Å². The molecule has 2 heteroatoms. The van der Waals surface area contributed by atoms with Crippen LogP contribution in [0.1, 0.15) is 0 Å². The van der Waals surface area contributed by atoms with Crippen molar-refractivity contribution in [2.24, 2.45) is 0 Å². The molecule has 0 heterocycles. The second-order valence-corrected chi connectivity index (χ2v) is 1.15. The molecule has 44 valence electrons. The smallest absolute Gasteiger partial charge is 0.0735 e. The third-order valence-electron chi connectivity index (χ3n) is 0.667. The number of rotatable bonds is 0. The van der Waals surface area contributed by atoms with Crippen molar-refractivity contribution in [1.82, 2.24) is 0 Å². The molecule has 0 aliphatic rings. The van der Waals surface area contributed by atoms with Crippen LogP contribution in [0.25, 0.3) is 0 Å². The van der Waals surface area contributed by atoms with Crippen LogP contribution in [0.2, 0.25) is 0 Å². The maximum Gasteiger partial charge on any atom is 0.164 e. The first kappa shape index (κ1) is 7.58. The summed E-state index contributed by atoms with van der Waals surface area (Å²) in [5.41, 5.74) is 0. The lowest BCUT2D eigenvalue weighted by molar-refractivity contribution is 0.941. The molecule has 1 aromatic rings. The minimum atomic E-state index is 0.361. The van der Waals surface area contributed by atoms with Crippen molar-refractivity contribution in [3.8, 4) is 0 Å². The zero-order valence-corrected chi connectivity index (χ0v) is 5.96. The van der Waals surface area contributed by atoms with Crippen molar-refractivity contribution in [3.63, 3.8) is 0 Å². The molecular formula is C6H9FP+. The van der Waals surface area contributed by atoms with Crippen molar-refractivity contribution < 1.29 is 4.20 Å². The first-order valence-corrected chi connectivity index (χ1v) is 2.80. The molecule has 0 radical (unpaired) electrons. The highest BCUT2D eigenvalue weighted by Crippen LogP contribution is 1.79. The van der Waals surface area contributed by atoms with Gasteiger partial charge in [-0.25, -0.2) is 0 Å². The van der Waals surface area contributed by atoms with Crippen LogP contribution in [0.15, 0.2) is 36.4 Å². The average molecular weight is 131 g/mol. The number of benzene rings is 1. The lowest BCUT2D eigenvalue weighted by atomic mass is 10.4. The maximum absolute atomic E-state index is 9.53. The monoisotopic (exact) mass is 131 g/mol. The van der Waals surface area contributed by atoms with E-state index in [9.17, 15) is 4.20 Å². The quantitative estimate of drug-likeness (QED) is 0.473. The molecule has 0 aliphatic carbocycles. The molecule has 0 fully saturated rings. The van der Waals surface area contributed by atoms with Gasteiger partial charge >= 0.3 is 0 Å². The molecule has 1 rings (SSSR count). The fourth-order valence-electron chi connectivity index (χ4n) is 0.385. The van der Waals surface area contributed by atoms with Gasteiger partial charge in [0.2, 0.25) is 0 Å². The van der Waals surface area contributed by atoms with Crippen LogP contribution >= 0.6 is 9.55 Å². The molecule has 0 aromatic heterocycles. The summed E-state index contributed by atoms with van der Waals surface area (Å²) in [7, 11) is 0.361. The molecule has 0 nitrogen and oxygen atoms in total. The van der Waals surface area contributed by atoms with Crippen LogP contribution in [0.5, 0.6) is 0 Å². The molecule has 1 atom stereocenters. The van der Waals surface area contributed by atoms with E-state index in [2.05, 4.69) is 0 Å². The molecule has 0 amide bonds. The molecule has 1 aromatic carbocycles. The van der Waals surface area contributed by atoms with Gasteiger partial charge in [-0.05, 0) is 0 Å². The van der Waals surface area contributed by atoms with Gasteiger partial charge in [-0.3, -0.25) is 0 Å². The van der Waals surface area contributed by atoms with Gasteiger partial charge in [0.05, 0.1) is 0 Å². The van der Waals surface area contributed by atoms with Gasteiger partial charge in [0.25, 0.3) is 0 Å². The Morgan fingerprint density at radius 2 is 0.750 bits per heavy atom. The van der Waals surface area contributed by atoms with Crippen LogP contribution in [-0.2, 0) is 0 Å². The molecular weight excluding hydrogens is 122 g/mol. The minimum absolute atomic E-state index is 0.361. The molecule has 0 bridgehead atoms. The summed E-state index contributed by atoms with van der Waals surface area (Å²) in [5.74, 6) is 0. The van der Waals surface area contributed by atoms with Crippen molar-refractivity contribution in [3.05, 3.63) is 36.4 Å². The second-order valence-electron chi connectivity index (χ2n) is 1.15. The van der Waals surface area contributed by atoms with Gasteiger partial charge in [-0.1, -0.05) is 40.6 Å². The van der Waals surface area contributed by atoms with Crippen molar-refractivity contribution in [2.45, 2.75) is 0 Å². The predicted molar refractivity (Wildman–Crippen MR) is 38.7 cm³/mol. The molecule has 0 saturated heterocycles. The molecule has 1 unspecified atom stereocenters. The van der Waals surface area contributed by atoms with E-state index < -0.39 is 0 Å². The fourth-order valence-corrected chi connectivity index (χ4v) is 0.385. The lowest BCUT2D eigenvalue weighted by Crippen LogP contribution is -1.47. The first-order valence-electron chi connectivity index (χ1n) is 2.27. The van der Waals surface area contributed by atoms with Gasteiger partial charge < -0.3 is 0 Å². The van der Waals surface area contributed by atoms with Gasteiger partial charge in [0.1, 0.15) is 0 Å². The Balaban J connectivity index is 0.000000222.